The second-order valence-electron chi connectivity index (χ2n) is 4.94. The number of carbonyl (C=O) groups excluding carboxylic acids is 1. The molecule has 3 nitrogen and oxygen atoms in total. The summed E-state index contributed by atoms with van der Waals surface area (Å²) in [5, 5.41) is 2.21. The van der Waals surface area contributed by atoms with Crippen LogP contribution in [0.3, 0.4) is 0 Å². The smallest absolute Gasteiger partial charge is 0.419 e. The monoisotopic (exact) mass is 405 g/mol. The van der Waals surface area contributed by atoms with E-state index in [4.69, 9.17) is 4.74 Å². The third-order valence-electron chi connectivity index (χ3n) is 2.00. The van der Waals surface area contributed by atoms with Gasteiger partial charge in [0.1, 0.15) is 11.4 Å². The molecule has 0 aliphatic rings. The van der Waals surface area contributed by atoms with Crippen LogP contribution in [0.4, 0.5) is 28.0 Å². The van der Waals surface area contributed by atoms with E-state index in [1.165, 1.54) is 0 Å². The van der Waals surface area contributed by atoms with Gasteiger partial charge in [0.05, 0.1) is 11.3 Å². The molecular formula is C12H12F4INO2. The Morgan fingerprint density at radius 3 is 2.25 bits per heavy atom. The summed E-state index contributed by atoms with van der Waals surface area (Å²) >= 11 is 1.58. The Morgan fingerprint density at radius 2 is 1.80 bits per heavy atom. The van der Waals surface area contributed by atoms with E-state index in [2.05, 4.69) is 5.32 Å². The first-order valence-electron chi connectivity index (χ1n) is 5.46. The van der Waals surface area contributed by atoms with Crippen LogP contribution in [-0.4, -0.2) is 11.7 Å². The molecule has 112 valence electrons. The van der Waals surface area contributed by atoms with Crippen molar-refractivity contribution in [3.8, 4) is 0 Å². The molecule has 1 N–H and O–H groups in total. The Hall–Kier alpha value is -1.06. The highest BCUT2D eigenvalue weighted by Crippen LogP contribution is 2.34. The average molecular weight is 405 g/mol. The van der Waals surface area contributed by atoms with Crippen molar-refractivity contribution >= 4 is 34.4 Å². The number of anilines is 1. The van der Waals surface area contributed by atoms with Crippen LogP contribution in [0.5, 0.6) is 0 Å². The Kier molecular flexibility index (Phi) is 4.88. The zero-order valence-corrected chi connectivity index (χ0v) is 13.0. The molecule has 0 saturated carbocycles. The van der Waals surface area contributed by atoms with Gasteiger partial charge in [0.25, 0.3) is 0 Å². The van der Waals surface area contributed by atoms with E-state index in [1.54, 1.807) is 43.4 Å². The Bertz CT molecular complexity index is 523. The topological polar surface area (TPSA) is 38.3 Å². The summed E-state index contributed by atoms with van der Waals surface area (Å²) in [6.07, 6.45) is -5.65. The molecule has 8 heteroatoms. The lowest BCUT2D eigenvalue weighted by Crippen LogP contribution is -2.27. The van der Waals surface area contributed by atoms with Crippen LogP contribution in [-0.2, 0) is 10.9 Å². The third kappa shape index (κ3) is 4.80. The maximum Gasteiger partial charge on any atom is 0.419 e. The second-order valence-corrected chi connectivity index (χ2v) is 6.10. The van der Waals surface area contributed by atoms with Crippen LogP contribution in [0.15, 0.2) is 12.1 Å². The van der Waals surface area contributed by atoms with Crippen molar-refractivity contribution in [2.45, 2.75) is 32.5 Å². The number of amides is 1. The van der Waals surface area contributed by atoms with Gasteiger partial charge in [-0.2, -0.15) is 13.2 Å². The minimum atomic E-state index is -4.78. The molecule has 0 bridgehead atoms. The van der Waals surface area contributed by atoms with Crippen molar-refractivity contribution in [3.05, 3.63) is 27.1 Å². The van der Waals surface area contributed by atoms with Crippen molar-refractivity contribution in [1.82, 2.24) is 0 Å². The van der Waals surface area contributed by atoms with Crippen molar-refractivity contribution < 1.29 is 27.1 Å². The highest BCUT2D eigenvalue weighted by atomic mass is 127. The first-order valence-corrected chi connectivity index (χ1v) is 6.54. The van der Waals surface area contributed by atoms with E-state index in [0.717, 1.165) is 0 Å². The molecule has 0 atom stereocenters. The molecule has 0 aliphatic carbocycles. The van der Waals surface area contributed by atoms with Gasteiger partial charge in [-0.1, -0.05) is 0 Å². The highest BCUT2D eigenvalue weighted by molar-refractivity contribution is 14.1. The largest absolute Gasteiger partial charge is 0.444 e. The van der Waals surface area contributed by atoms with Gasteiger partial charge in [0.15, 0.2) is 0 Å². The van der Waals surface area contributed by atoms with E-state index in [1.807, 2.05) is 0 Å². The first-order chi connectivity index (χ1) is 8.90. The molecule has 1 aromatic rings. The summed E-state index contributed by atoms with van der Waals surface area (Å²) in [5.41, 5.74) is -2.22. The lowest BCUT2D eigenvalue weighted by Gasteiger charge is -2.20. The maximum absolute atomic E-state index is 13.4. The van der Waals surface area contributed by atoms with Gasteiger partial charge in [0, 0.05) is 3.57 Å². The van der Waals surface area contributed by atoms with Crippen molar-refractivity contribution in [1.29, 1.82) is 0 Å². The van der Waals surface area contributed by atoms with Gasteiger partial charge in [-0.05, 0) is 55.5 Å². The molecule has 0 saturated heterocycles. The number of benzene rings is 1. The fraction of sp³-hybridized carbons (Fsp3) is 0.417. The number of ether oxygens (including phenoxy) is 1. The van der Waals surface area contributed by atoms with Crippen LogP contribution < -0.4 is 5.32 Å². The van der Waals surface area contributed by atoms with E-state index < -0.39 is 29.3 Å². The zero-order chi connectivity index (χ0) is 15.7. The lowest BCUT2D eigenvalue weighted by atomic mass is 10.2. The van der Waals surface area contributed by atoms with Crippen LogP contribution in [0, 0.1) is 9.39 Å². The standard InChI is InChI=1S/C12H12F4INO2/c1-11(2,3)20-10(19)18-9-5-7(13)6(4-8(9)17)12(14,15)16/h4-5H,1-3H3,(H,18,19). The molecule has 0 heterocycles. The number of hydrogen-bond donors (Lipinski definition) is 1. The Balaban J connectivity index is 2.99. The summed E-state index contributed by atoms with van der Waals surface area (Å²) in [4.78, 5) is 11.5. The number of halogens is 5. The van der Waals surface area contributed by atoms with Crippen molar-refractivity contribution in [2.24, 2.45) is 0 Å². The van der Waals surface area contributed by atoms with Gasteiger partial charge in [-0.25, -0.2) is 9.18 Å². The van der Waals surface area contributed by atoms with Gasteiger partial charge in [-0.3, -0.25) is 5.32 Å². The van der Waals surface area contributed by atoms with Gasteiger partial charge in [0.2, 0.25) is 0 Å². The maximum atomic E-state index is 13.4. The van der Waals surface area contributed by atoms with Crippen molar-refractivity contribution in [3.63, 3.8) is 0 Å². The SMILES string of the molecule is CC(C)(C)OC(=O)Nc1cc(F)c(C(F)(F)F)cc1I. The molecule has 1 rings (SSSR count). The molecule has 0 fully saturated rings. The van der Waals surface area contributed by atoms with E-state index >= 15 is 0 Å². The Morgan fingerprint density at radius 1 is 1.25 bits per heavy atom. The molecule has 0 spiro atoms. The number of nitrogens with one attached hydrogen (secondary N) is 1. The molecule has 0 aliphatic heterocycles. The molecule has 1 aromatic carbocycles. The molecule has 20 heavy (non-hydrogen) atoms. The summed E-state index contributed by atoms with van der Waals surface area (Å²) in [6, 6.07) is 1.25. The lowest BCUT2D eigenvalue weighted by molar-refractivity contribution is -0.140. The van der Waals surface area contributed by atoms with Crippen LogP contribution in [0.2, 0.25) is 0 Å². The first kappa shape index (κ1) is 17.0. The number of carbonyl (C=O) groups is 1. The quantitative estimate of drug-likeness (QED) is 0.539. The number of alkyl halides is 3. The number of rotatable bonds is 1. The molecular weight excluding hydrogens is 393 g/mol. The van der Waals surface area contributed by atoms with Crippen LogP contribution in [0.25, 0.3) is 0 Å². The average Bonchev–Trinajstić information content (AvgIpc) is 2.18. The minimum Gasteiger partial charge on any atom is -0.444 e. The second kappa shape index (κ2) is 5.74. The van der Waals surface area contributed by atoms with E-state index in [0.29, 0.717) is 12.1 Å². The van der Waals surface area contributed by atoms with Crippen molar-refractivity contribution in [2.75, 3.05) is 5.32 Å². The van der Waals surface area contributed by atoms with Gasteiger partial charge in [-0.15, -0.1) is 0 Å². The molecule has 0 unspecified atom stereocenters. The predicted octanol–water partition coefficient (Wildman–Crippen LogP) is 4.80. The zero-order valence-electron chi connectivity index (χ0n) is 10.9. The fourth-order valence-corrected chi connectivity index (χ4v) is 1.88. The predicted molar refractivity (Wildman–Crippen MR) is 74.0 cm³/mol. The van der Waals surface area contributed by atoms with E-state index in [-0.39, 0.29) is 9.26 Å². The summed E-state index contributed by atoms with van der Waals surface area (Å²) in [7, 11) is 0. The molecule has 1 amide bonds. The Labute approximate surface area is 126 Å². The summed E-state index contributed by atoms with van der Waals surface area (Å²) in [5.74, 6) is -1.45. The molecule has 0 radical (unpaired) electrons. The highest BCUT2D eigenvalue weighted by Gasteiger charge is 2.35. The van der Waals surface area contributed by atoms with Gasteiger partial charge < -0.3 is 4.74 Å². The third-order valence-corrected chi connectivity index (χ3v) is 2.89. The number of hydrogen-bond acceptors (Lipinski definition) is 2. The summed E-state index contributed by atoms with van der Waals surface area (Å²) < 4.78 is 55.9. The normalized spacial score (nSPS) is 12.2. The van der Waals surface area contributed by atoms with Crippen LogP contribution in [0.1, 0.15) is 26.3 Å². The van der Waals surface area contributed by atoms with Gasteiger partial charge >= 0.3 is 12.3 Å². The summed E-state index contributed by atoms with van der Waals surface area (Å²) in [6.45, 7) is 4.89. The van der Waals surface area contributed by atoms with Crippen LogP contribution >= 0.6 is 22.6 Å². The molecule has 0 aromatic heterocycles. The van der Waals surface area contributed by atoms with E-state index in [9.17, 15) is 22.4 Å². The fourth-order valence-electron chi connectivity index (χ4n) is 1.27. The minimum absolute atomic E-state index is 0.0576.